The highest BCUT2D eigenvalue weighted by Crippen LogP contribution is 2.23. The van der Waals surface area contributed by atoms with Crippen molar-refractivity contribution in [2.45, 2.75) is 0 Å². The molecule has 0 amide bonds. The van der Waals surface area contributed by atoms with Gasteiger partial charge in [0.25, 0.3) is 0 Å². The predicted octanol–water partition coefficient (Wildman–Crippen LogP) is 1.71. The molecule has 0 aliphatic rings. The van der Waals surface area contributed by atoms with E-state index in [1.54, 1.807) is 26.4 Å². The van der Waals surface area contributed by atoms with Gasteiger partial charge in [0.2, 0.25) is 0 Å². The summed E-state index contributed by atoms with van der Waals surface area (Å²) in [6.07, 6.45) is 3.47. The third-order valence-corrected chi connectivity index (χ3v) is 1.79. The lowest BCUT2D eigenvalue weighted by Crippen LogP contribution is -1.88. The Bertz CT molecular complexity index is 296. The minimum absolute atomic E-state index is 0.0273. The number of hydrogen-bond acceptors (Lipinski definition) is 3. The van der Waals surface area contributed by atoms with Crippen molar-refractivity contribution >= 4 is 6.08 Å². The molecular weight excluding hydrogens is 180 g/mol. The van der Waals surface area contributed by atoms with Gasteiger partial charge in [-0.3, -0.25) is 0 Å². The van der Waals surface area contributed by atoms with Crippen LogP contribution >= 0.6 is 0 Å². The summed E-state index contributed by atoms with van der Waals surface area (Å²) in [6, 6.07) is 5.54. The summed E-state index contributed by atoms with van der Waals surface area (Å²) in [5, 5.41) is 8.63. The molecule has 14 heavy (non-hydrogen) atoms. The molecule has 0 aliphatic carbocycles. The highest BCUT2D eigenvalue weighted by atomic mass is 16.5. The summed E-state index contributed by atoms with van der Waals surface area (Å²) >= 11 is 0. The van der Waals surface area contributed by atoms with E-state index < -0.39 is 0 Å². The van der Waals surface area contributed by atoms with Crippen LogP contribution in [0.2, 0.25) is 0 Å². The van der Waals surface area contributed by atoms with Gasteiger partial charge in [0.1, 0.15) is 11.5 Å². The van der Waals surface area contributed by atoms with Crippen LogP contribution in [0.5, 0.6) is 11.5 Å². The second kappa shape index (κ2) is 5.29. The summed E-state index contributed by atoms with van der Waals surface area (Å²) in [7, 11) is 3.21. The quantitative estimate of drug-likeness (QED) is 0.793. The van der Waals surface area contributed by atoms with E-state index >= 15 is 0 Å². The molecule has 0 saturated carbocycles. The van der Waals surface area contributed by atoms with Gasteiger partial charge in [-0.2, -0.15) is 0 Å². The van der Waals surface area contributed by atoms with Crippen LogP contribution < -0.4 is 9.47 Å². The highest BCUT2D eigenvalue weighted by Gasteiger charge is 1.98. The number of rotatable bonds is 4. The van der Waals surface area contributed by atoms with Gasteiger partial charge >= 0.3 is 0 Å². The standard InChI is InChI=1S/C11H14O3/c1-13-10-6-9(4-3-5-12)7-11(8-10)14-2/h3-4,6-8,12H,5H2,1-2H3/b4-3+. The van der Waals surface area contributed by atoms with Crippen LogP contribution in [0.4, 0.5) is 0 Å². The van der Waals surface area contributed by atoms with Gasteiger partial charge in [0, 0.05) is 6.07 Å². The highest BCUT2D eigenvalue weighted by molar-refractivity contribution is 5.55. The molecule has 1 N–H and O–H groups in total. The summed E-state index contributed by atoms with van der Waals surface area (Å²) in [5.41, 5.74) is 0.940. The first-order valence-corrected chi connectivity index (χ1v) is 4.30. The van der Waals surface area contributed by atoms with E-state index in [4.69, 9.17) is 14.6 Å². The van der Waals surface area contributed by atoms with Gasteiger partial charge in [0.05, 0.1) is 20.8 Å². The Hall–Kier alpha value is -1.48. The summed E-state index contributed by atoms with van der Waals surface area (Å²) in [6.45, 7) is 0.0273. The van der Waals surface area contributed by atoms with E-state index in [9.17, 15) is 0 Å². The van der Waals surface area contributed by atoms with Crippen LogP contribution in [0.1, 0.15) is 5.56 Å². The Morgan fingerprint density at radius 3 is 2.14 bits per heavy atom. The fourth-order valence-electron chi connectivity index (χ4n) is 1.11. The molecule has 1 aromatic rings. The molecule has 0 saturated heterocycles. The van der Waals surface area contributed by atoms with E-state index in [0.717, 1.165) is 17.1 Å². The first-order valence-electron chi connectivity index (χ1n) is 4.30. The zero-order valence-corrected chi connectivity index (χ0v) is 8.36. The molecule has 0 radical (unpaired) electrons. The lowest BCUT2D eigenvalue weighted by molar-refractivity contribution is 0.343. The maximum atomic E-state index is 8.63. The van der Waals surface area contributed by atoms with Crippen molar-refractivity contribution in [3.05, 3.63) is 29.8 Å². The number of benzene rings is 1. The van der Waals surface area contributed by atoms with Crippen molar-refractivity contribution in [3.63, 3.8) is 0 Å². The molecular formula is C11H14O3. The van der Waals surface area contributed by atoms with Crippen molar-refractivity contribution in [2.24, 2.45) is 0 Å². The van der Waals surface area contributed by atoms with Crippen LogP contribution in [0.15, 0.2) is 24.3 Å². The molecule has 0 aromatic heterocycles. The first kappa shape index (κ1) is 10.6. The minimum Gasteiger partial charge on any atom is -0.497 e. The first-order chi connectivity index (χ1) is 6.80. The number of methoxy groups -OCH3 is 2. The Morgan fingerprint density at radius 1 is 1.14 bits per heavy atom. The van der Waals surface area contributed by atoms with Crippen LogP contribution in [0, 0.1) is 0 Å². The maximum Gasteiger partial charge on any atom is 0.123 e. The van der Waals surface area contributed by atoms with Gasteiger partial charge in [-0.05, 0) is 17.7 Å². The van der Waals surface area contributed by atoms with E-state index in [1.807, 2.05) is 18.2 Å². The molecule has 0 unspecified atom stereocenters. The summed E-state index contributed by atoms with van der Waals surface area (Å²) in [5.74, 6) is 1.48. The van der Waals surface area contributed by atoms with E-state index in [-0.39, 0.29) is 6.61 Å². The second-order valence-corrected chi connectivity index (χ2v) is 2.73. The molecule has 1 aromatic carbocycles. The summed E-state index contributed by atoms with van der Waals surface area (Å²) < 4.78 is 10.2. The van der Waals surface area contributed by atoms with Gasteiger partial charge in [-0.25, -0.2) is 0 Å². The lowest BCUT2D eigenvalue weighted by atomic mass is 10.2. The molecule has 0 aliphatic heterocycles. The molecule has 1 rings (SSSR count). The zero-order valence-electron chi connectivity index (χ0n) is 8.36. The second-order valence-electron chi connectivity index (χ2n) is 2.73. The van der Waals surface area contributed by atoms with Crippen molar-refractivity contribution < 1.29 is 14.6 Å². The molecule has 3 nitrogen and oxygen atoms in total. The number of ether oxygens (including phenoxy) is 2. The fraction of sp³-hybridized carbons (Fsp3) is 0.273. The molecule has 0 heterocycles. The van der Waals surface area contributed by atoms with Gasteiger partial charge in [0.15, 0.2) is 0 Å². The average Bonchev–Trinajstić information content (AvgIpc) is 2.25. The SMILES string of the molecule is COc1cc(/C=C/CO)cc(OC)c1. The normalized spacial score (nSPS) is 10.5. The van der Waals surface area contributed by atoms with Crippen molar-refractivity contribution in [2.75, 3.05) is 20.8 Å². The monoisotopic (exact) mass is 194 g/mol. The number of hydrogen-bond donors (Lipinski definition) is 1. The van der Waals surface area contributed by atoms with E-state index in [1.165, 1.54) is 0 Å². The zero-order chi connectivity index (χ0) is 10.4. The average molecular weight is 194 g/mol. The van der Waals surface area contributed by atoms with Crippen LogP contribution in [0.3, 0.4) is 0 Å². The fourth-order valence-corrected chi connectivity index (χ4v) is 1.11. The Morgan fingerprint density at radius 2 is 1.71 bits per heavy atom. The Balaban J connectivity index is 2.98. The third-order valence-electron chi connectivity index (χ3n) is 1.79. The van der Waals surface area contributed by atoms with Crippen molar-refractivity contribution in [3.8, 4) is 11.5 Å². The van der Waals surface area contributed by atoms with E-state index in [2.05, 4.69) is 0 Å². The lowest BCUT2D eigenvalue weighted by Gasteiger charge is -2.05. The predicted molar refractivity (Wildman–Crippen MR) is 55.7 cm³/mol. The van der Waals surface area contributed by atoms with Crippen LogP contribution in [-0.2, 0) is 0 Å². The van der Waals surface area contributed by atoms with Gasteiger partial charge in [-0.15, -0.1) is 0 Å². The van der Waals surface area contributed by atoms with Gasteiger partial charge in [-0.1, -0.05) is 12.2 Å². The molecule has 0 fully saturated rings. The molecule has 0 atom stereocenters. The van der Waals surface area contributed by atoms with Crippen LogP contribution in [0.25, 0.3) is 6.08 Å². The van der Waals surface area contributed by atoms with Gasteiger partial charge < -0.3 is 14.6 Å². The minimum atomic E-state index is 0.0273. The maximum absolute atomic E-state index is 8.63. The smallest absolute Gasteiger partial charge is 0.123 e. The molecule has 0 spiro atoms. The van der Waals surface area contributed by atoms with E-state index in [0.29, 0.717) is 0 Å². The number of aliphatic hydroxyl groups is 1. The van der Waals surface area contributed by atoms with Crippen LogP contribution in [-0.4, -0.2) is 25.9 Å². The molecule has 3 heteroatoms. The Labute approximate surface area is 83.6 Å². The summed E-state index contributed by atoms with van der Waals surface area (Å²) in [4.78, 5) is 0. The third kappa shape index (κ3) is 2.78. The Kier molecular flexibility index (Phi) is 4.01. The van der Waals surface area contributed by atoms with Crippen molar-refractivity contribution in [1.29, 1.82) is 0 Å². The number of aliphatic hydroxyl groups excluding tert-OH is 1. The largest absolute Gasteiger partial charge is 0.497 e. The molecule has 76 valence electrons. The van der Waals surface area contributed by atoms with Crippen molar-refractivity contribution in [1.82, 2.24) is 0 Å². The molecule has 0 bridgehead atoms. The topological polar surface area (TPSA) is 38.7 Å².